The predicted octanol–water partition coefficient (Wildman–Crippen LogP) is 4.12. The predicted molar refractivity (Wildman–Crippen MR) is 77.6 cm³/mol. The van der Waals surface area contributed by atoms with Crippen molar-refractivity contribution < 1.29 is 0 Å². The van der Waals surface area contributed by atoms with E-state index in [2.05, 4.69) is 65.4 Å². The Morgan fingerprint density at radius 1 is 0.684 bits per heavy atom. The average Bonchev–Trinajstić information content (AvgIpc) is 2.48. The van der Waals surface area contributed by atoms with E-state index in [1.165, 1.54) is 16.7 Å². The fourth-order valence-electron chi connectivity index (χ4n) is 2.08. The van der Waals surface area contributed by atoms with Gasteiger partial charge in [0, 0.05) is 18.0 Å². The van der Waals surface area contributed by atoms with Crippen LogP contribution in [0.1, 0.15) is 5.56 Å². The molecule has 1 aromatic heterocycles. The van der Waals surface area contributed by atoms with Crippen LogP contribution in [0.3, 0.4) is 0 Å². The van der Waals surface area contributed by atoms with Crippen LogP contribution in [0.4, 0.5) is 0 Å². The lowest BCUT2D eigenvalue weighted by molar-refractivity contribution is 1.18. The van der Waals surface area contributed by atoms with Crippen LogP contribution in [-0.4, -0.2) is 9.97 Å². The number of hydrogen-bond donors (Lipinski definition) is 0. The molecule has 2 heteroatoms. The lowest BCUT2D eigenvalue weighted by Crippen LogP contribution is -1.86. The Morgan fingerprint density at radius 2 is 1.37 bits per heavy atom. The second-order valence-corrected chi connectivity index (χ2v) is 4.52. The molecule has 0 atom stereocenters. The molecule has 0 aliphatic carbocycles. The van der Waals surface area contributed by atoms with Crippen molar-refractivity contribution in [2.45, 2.75) is 6.92 Å². The third-order valence-corrected chi connectivity index (χ3v) is 3.06. The first kappa shape index (κ1) is 11.6. The number of rotatable bonds is 2. The highest BCUT2D eigenvalue weighted by Crippen LogP contribution is 2.23. The SMILES string of the molecule is Cc1cccc(-c2ccc(-c3ncccn3)cc2)c1. The first-order chi connectivity index (χ1) is 9.33. The molecule has 92 valence electrons. The van der Waals surface area contributed by atoms with Gasteiger partial charge >= 0.3 is 0 Å². The number of hydrogen-bond acceptors (Lipinski definition) is 2. The summed E-state index contributed by atoms with van der Waals surface area (Å²) >= 11 is 0. The summed E-state index contributed by atoms with van der Waals surface area (Å²) < 4.78 is 0. The van der Waals surface area contributed by atoms with E-state index in [0.29, 0.717) is 0 Å². The molecule has 2 nitrogen and oxygen atoms in total. The van der Waals surface area contributed by atoms with Gasteiger partial charge in [0.1, 0.15) is 0 Å². The molecule has 0 aliphatic heterocycles. The van der Waals surface area contributed by atoms with Gasteiger partial charge in [-0.1, -0.05) is 54.1 Å². The number of aromatic nitrogens is 2. The van der Waals surface area contributed by atoms with Crippen molar-refractivity contribution in [3.05, 3.63) is 72.6 Å². The Morgan fingerprint density at radius 3 is 2.05 bits per heavy atom. The van der Waals surface area contributed by atoms with Gasteiger partial charge in [0.25, 0.3) is 0 Å². The zero-order chi connectivity index (χ0) is 13.1. The molecule has 0 saturated carbocycles. The second kappa shape index (κ2) is 5.02. The molecule has 3 rings (SSSR count). The van der Waals surface area contributed by atoms with E-state index in [1.54, 1.807) is 12.4 Å². The highest BCUT2D eigenvalue weighted by molar-refractivity contribution is 5.68. The minimum atomic E-state index is 0.762. The molecule has 0 bridgehead atoms. The highest BCUT2D eigenvalue weighted by Gasteiger charge is 2.01. The van der Waals surface area contributed by atoms with Gasteiger partial charge < -0.3 is 0 Å². The summed E-state index contributed by atoms with van der Waals surface area (Å²) in [7, 11) is 0. The molecule has 0 N–H and O–H groups in total. The average molecular weight is 246 g/mol. The van der Waals surface area contributed by atoms with Crippen LogP contribution in [0.2, 0.25) is 0 Å². The summed E-state index contributed by atoms with van der Waals surface area (Å²) in [6, 6.07) is 18.7. The topological polar surface area (TPSA) is 25.8 Å². The molecular formula is C17H14N2. The lowest BCUT2D eigenvalue weighted by Gasteiger charge is -2.04. The third kappa shape index (κ3) is 2.52. The lowest BCUT2D eigenvalue weighted by atomic mass is 10.0. The van der Waals surface area contributed by atoms with Gasteiger partial charge in [-0.05, 0) is 24.1 Å². The molecule has 0 fully saturated rings. The molecule has 0 amide bonds. The van der Waals surface area contributed by atoms with Crippen LogP contribution in [0, 0.1) is 6.92 Å². The maximum atomic E-state index is 4.25. The highest BCUT2D eigenvalue weighted by atomic mass is 14.8. The summed E-state index contributed by atoms with van der Waals surface area (Å²) in [6.45, 7) is 2.11. The van der Waals surface area contributed by atoms with E-state index in [1.807, 2.05) is 6.07 Å². The van der Waals surface area contributed by atoms with Crippen molar-refractivity contribution in [2.75, 3.05) is 0 Å². The number of nitrogens with zero attached hydrogens (tertiary/aromatic N) is 2. The third-order valence-electron chi connectivity index (χ3n) is 3.06. The molecule has 2 aromatic carbocycles. The Bertz CT molecular complexity index is 673. The van der Waals surface area contributed by atoms with Crippen LogP contribution >= 0.6 is 0 Å². The van der Waals surface area contributed by atoms with E-state index in [4.69, 9.17) is 0 Å². The van der Waals surface area contributed by atoms with Gasteiger partial charge in [0.15, 0.2) is 5.82 Å². The summed E-state index contributed by atoms with van der Waals surface area (Å²) in [4.78, 5) is 8.51. The number of aryl methyl sites for hydroxylation is 1. The van der Waals surface area contributed by atoms with Crippen LogP contribution in [0.15, 0.2) is 67.0 Å². The number of benzene rings is 2. The maximum Gasteiger partial charge on any atom is 0.159 e. The van der Waals surface area contributed by atoms with Crippen LogP contribution in [-0.2, 0) is 0 Å². The van der Waals surface area contributed by atoms with Crippen LogP contribution in [0.5, 0.6) is 0 Å². The van der Waals surface area contributed by atoms with Gasteiger partial charge in [-0.3, -0.25) is 0 Å². The molecule has 0 spiro atoms. The van der Waals surface area contributed by atoms with Crippen LogP contribution < -0.4 is 0 Å². The normalized spacial score (nSPS) is 10.4. The Kier molecular flexibility index (Phi) is 3.07. The Balaban J connectivity index is 1.95. The van der Waals surface area contributed by atoms with Crippen molar-refractivity contribution in [3.63, 3.8) is 0 Å². The smallest absolute Gasteiger partial charge is 0.159 e. The standard InChI is InChI=1S/C17H14N2/c1-13-4-2-5-16(12-13)14-6-8-15(9-7-14)17-18-10-3-11-19-17/h2-12H,1H3. The van der Waals surface area contributed by atoms with Gasteiger partial charge in [-0.25, -0.2) is 9.97 Å². The zero-order valence-corrected chi connectivity index (χ0v) is 10.7. The summed E-state index contributed by atoms with van der Waals surface area (Å²) in [5.41, 5.74) is 4.76. The Hall–Kier alpha value is -2.48. The maximum absolute atomic E-state index is 4.25. The zero-order valence-electron chi connectivity index (χ0n) is 10.7. The largest absolute Gasteiger partial charge is 0.237 e. The van der Waals surface area contributed by atoms with Crippen molar-refractivity contribution in [1.82, 2.24) is 9.97 Å². The Labute approximate surface area is 112 Å². The van der Waals surface area contributed by atoms with Crippen LogP contribution in [0.25, 0.3) is 22.5 Å². The van der Waals surface area contributed by atoms with Crippen molar-refractivity contribution in [1.29, 1.82) is 0 Å². The molecular weight excluding hydrogens is 232 g/mol. The molecule has 19 heavy (non-hydrogen) atoms. The second-order valence-electron chi connectivity index (χ2n) is 4.52. The first-order valence-corrected chi connectivity index (χ1v) is 6.27. The molecule has 0 unspecified atom stereocenters. The van der Waals surface area contributed by atoms with Crippen molar-refractivity contribution in [2.24, 2.45) is 0 Å². The van der Waals surface area contributed by atoms with Gasteiger partial charge in [-0.15, -0.1) is 0 Å². The van der Waals surface area contributed by atoms with Crippen molar-refractivity contribution >= 4 is 0 Å². The fraction of sp³-hybridized carbons (Fsp3) is 0.0588. The minimum absolute atomic E-state index is 0.762. The van der Waals surface area contributed by atoms with Gasteiger partial charge in [0.05, 0.1) is 0 Å². The fourth-order valence-corrected chi connectivity index (χ4v) is 2.08. The quantitative estimate of drug-likeness (QED) is 0.679. The van der Waals surface area contributed by atoms with E-state index in [0.717, 1.165) is 11.4 Å². The molecule has 0 aliphatic rings. The van der Waals surface area contributed by atoms with E-state index < -0.39 is 0 Å². The monoisotopic (exact) mass is 246 g/mol. The van der Waals surface area contributed by atoms with E-state index in [9.17, 15) is 0 Å². The summed E-state index contributed by atoms with van der Waals surface area (Å²) in [5, 5.41) is 0. The minimum Gasteiger partial charge on any atom is -0.237 e. The first-order valence-electron chi connectivity index (χ1n) is 6.27. The molecule has 0 saturated heterocycles. The van der Waals surface area contributed by atoms with Gasteiger partial charge in [-0.2, -0.15) is 0 Å². The molecule has 0 radical (unpaired) electrons. The van der Waals surface area contributed by atoms with E-state index >= 15 is 0 Å². The van der Waals surface area contributed by atoms with E-state index in [-0.39, 0.29) is 0 Å². The van der Waals surface area contributed by atoms with Gasteiger partial charge in [0.2, 0.25) is 0 Å². The summed E-state index contributed by atoms with van der Waals surface area (Å²) in [5.74, 6) is 0.762. The molecule has 3 aromatic rings. The van der Waals surface area contributed by atoms with Crippen molar-refractivity contribution in [3.8, 4) is 22.5 Å². The molecule has 1 heterocycles. The summed E-state index contributed by atoms with van der Waals surface area (Å²) in [6.07, 6.45) is 3.52.